The molecule has 1 aliphatic rings. The summed E-state index contributed by atoms with van der Waals surface area (Å²) in [4.78, 5) is 22.5. The maximum atomic E-state index is 12.5. The van der Waals surface area contributed by atoms with Gasteiger partial charge >= 0.3 is 0 Å². The van der Waals surface area contributed by atoms with E-state index in [1.54, 1.807) is 18.2 Å². The van der Waals surface area contributed by atoms with Crippen LogP contribution in [0.2, 0.25) is 0 Å². The van der Waals surface area contributed by atoms with Crippen molar-refractivity contribution in [1.29, 1.82) is 0 Å². The van der Waals surface area contributed by atoms with Crippen LogP contribution in [0.3, 0.4) is 0 Å². The van der Waals surface area contributed by atoms with E-state index in [0.717, 1.165) is 12.8 Å². The first kappa shape index (κ1) is 13.9. The lowest BCUT2D eigenvalue weighted by atomic mass is 10.2. The van der Waals surface area contributed by atoms with Gasteiger partial charge in [-0.2, -0.15) is 0 Å². The molecule has 1 aromatic heterocycles. The SMILES string of the molecule is COCCc1nccnc1C(=O)N1CCC[C@H]1CO. The highest BCUT2D eigenvalue weighted by Gasteiger charge is 2.30. The maximum absolute atomic E-state index is 12.5. The number of hydrogen-bond acceptors (Lipinski definition) is 5. The molecule has 0 aromatic carbocycles. The third kappa shape index (κ3) is 3.08. The predicted octanol–water partition coefficient (Wildman–Crippen LogP) is 0.262. The third-order valence-corrected chi connectivity index (χ3v) is 3.37. The number of likely N-dealkylation sites (tertiary alicyclic amines) is 1. The highest BCUT2D eigenvalue weighted by molar-refractivity contribution is 5.93. The molecule has 19 heavy (non-hydrogen) atoms. The van der Waals surface area contributed by atoms with E-state index < -0.39 is 0 Å². The molecule has 0 aliphatic carbocycles. The number of nitrogens with zero attached hydrogens (tertiary/aromatic N) is 3. The van der Waals surface area contributed by atoms with Gasteiger partial charge in [-0.15, -0.1) is 0 Å². The minimum Gasteiger partial charge on any atom is -0.394 e. The lowest BCUT2D eigenvalue weighted by molar-refractivity contribution is 0.0669. The van der Waals surface area contributed by atoms with E-state index in [9.17, 15) is 9.90 Å². The fourth-order valence-corrected chi connectivity index (χ4v) is 2.36. The Morgan fingerprint density at radius 1 is 1.53 bits per heavy atom. The molecule has 2 heterocycles. The van der Waals surface area contributed by atoms with Crippen LogP contribution in [-0.4, -0.2) is 58.8 Å². The molecule has 0 unspecified atom stereocenters. The van der Waals surface area contributed by atoms with Crippen LogP contribution in [0.25, 0.3) is 0 Å². The summed E-state index contributed by atoms with van der Waals surface area (Å²) in [5, 5.41) is 9.29. The Morgan fingerprint density at radius 2 is 2.32 bits per heavy atom. The standard InChI is InChI=1S/C13H19N3O3/c1-19-8-4-11-12(15-6-5-14-11)13(18)16-7-2-3-10(16)9-17/h5-6,10,17H,2-4,7-9H2,1H3/t10-/m0/s1. The average Bonchev–Trinajstić information content (AvgIpc) is 2.93. The zero-order valence-electron chi connectivity index (χ0n) is 11.1. The molecule has 1 saturated heterocycles. The molecular weight excluding hydrogens is 246 g/mol. The summed E-state index contributed by atoms with van der Waals surface area (Å²) in [6.07, 6.45) is 5.42. The summed E-state index contributed by atoms with van der Waals surface area (Å²) in [7, 11) is 1.61. The zero-order chi connectivity index (χ0) is 13.7. The van der Waals surface area contributed by atoms with Crippen molar-refractivity contribution in [2.45, 2.75) is 25.3 Å². The largest absolute Gasteiger partial charge is 0.394 e. The number of aliphatic hydroxyl groups is 1. The van der Waals surface area contributed by atoms with Gasteiger partial charge in [0.1, 0.15) is 5.69 Å². The first-order valence-electron chi connectivity index (χ1n) is 6.48. The fourth-order valence-electron chi connectivity index (χ4n) is 2.36. The topological polar surface area (TPSA) is 75.6 Å². The van der Waals surface area contributed by atoms with Crippen molar-refractivity contribution in [2.24, 2.45) is 0 Å². The van der Waals surface area contributed by atoms with E-state index >= 15 is 0 Å². The number of aromatic nitrogens is 2. The summed E-state index contributed by atoms with van der Waals surface area (Å²) in [6.45, 7) is 1.17. The first-order valence-corrected chi connectivity index (χ1v) is 6.48. The number of rotatable bonds is 5. The Labute approximate surface area is 112 Å². The van der Waals surface area contributed by atoms with Gasteiger partial charge in [0.15, 0.2) is 0 Å². The second-order valence-corrected chi connectivity index (χ2v) is 4.57. The van der Waals surface area contributed by atoms with E-state index in [1.807, 2.05) is 0 Å². The Balaban J connectivity index is 2.18. The van der Waals surface area contributed by atoms with Gasteiger partial charge < -0.3 is 14.7 Å². The second kappa shape index (κ2) is 6.58. The Kier molecular flexibility index (Phi) is 4.81. The fraction of sp³-hybridized carbons (Fsp3) is 0.615. The molecule has 1 fully saturated rings. The smallest absolute Gasteiger partial charge is 0.274 e. The maximum Gasteiger partial charge on any atom is 0.274 e. The van der Waals surface area contributed by atoms with Crippen molar-refractivity contribution in [3.8, 4) is 0 Å². The number of carbonyl (C=O) groups excluding carboxylic acids is 1. The predicted molar refractivity (Wildman–Crippen MR) is 68.8 cm³/mol. The van der Waals surface area contributed by atoms with Crippen LogP contribution in [0, 0.1) is 0 Å². The lowest BCUT2D eigenvalue weighted by Gasteiger charge is -2.23. The number of amides is 1. The highest BCUT2D eigenvalue weighted by atomic mass is 16.5. The van der Waals surface area contributed by atoms with Gasteiger partial charge in [0.05, 0.1) is 24.9 Å². The van der Waals surface area contributed by atoms with Crippen molar-refractivity contribution >= 4 is 5.91 Å². The molecule has 0 saturated carbocycles. The zero-order valence-corrected chi connectivity index (χ0v) is 11.1. The lowest BCUT2D eigenvalue weighted by Crippen LogP contribution is -2.38. The van der Waals surface area contributed by atoms with Gasteiger partial charge in [0.25, 0.3) is 5.91 Å². The Morgan fingerprint density at radius 3 is 3.05 bits per heavy atom. The molecule has 1 amide bonds. The Hall–Kier alpha value is -1.53. The van der Waals surface area contributed by atoms with Crippen LogP contribution in [0.5, 0.6) is 0 Å². The van der Waals surface area contributed by atoms with Crippen LogP contribution in [-0.2, 0) is 11.2 Å². The molecule has 1 N–H and O–H groups in total. The van der Waals surface area contributed by atoms with Gasteiger partial charge in [-0.25, -0.2) is 4.98 Å². The second-order valence-electron chi connectivity index (χ2n) is 4.57. The average molecular weight is 265 g/mol. The van der Waals surface area contributed by atoms with Crippen LogP contribution >= 0.6 is 0 Å². The molecule has 6 nitrogen and oxygen atoms in total. The van der Waals surface area contributed by atoms with E-state index in [2.05, 4.69) is 9.97 Å². The third-order valence-electron chi connectivity index (χ3n) is 3.37. The monoisotopic (exact) mass is 265 g/mol. The molecule has 1 aromatic rings. The van der Waals surface area contributed by atoms with Crippen molar-refractivity contribution in [3.63, 3.8) is 0 Å². The molecule has 0 spiro atoms. The minimum absolute atomic E-state index is 0.000589. The summed E-state index contributed by atoms with van der Waals surface area (Å²) < 4.78 is 5.02. The molecule has 1 atom stereocenters. The summed E-state index contributed by atoms with van der Waals surface area (Å²) >= 11 is 0. The Bertz CT molecular complexity index is 439. The van der Waals surface area contributed by atoms with Crippen molar-refractivity contribution in [1.82, 2.24) is 14.9 Å². The summed E-state index contributed by atoms with van der Waals surface area (Å²) in [5.74, 6) is -0.143. The number of methoxy groups -OCH3 is 1. The van der Waals surface area contributed by atoms with Crippen LogP contribution in [0.1, 0.15) is 29.0 Å². The van der Waals surface area contributed by atoms with Crippen LogP contribution in [0.15, 0.2) is 12.4 Å². The van der Waals surface area contributed by atoms with E-state index in [-0.39, 0.29) is 18.6 Å². The minimum atomic E-state index is -0.143. The van der Waals surface area contributed by atoms with Crippen molar-refractivity contribution in [3.05, 3.63) is 23.8 Å². The number of ether oxygens (including phenoxy) is 1. The first-order chi connectivity index (χ1) is 9.27. The molecule has 6 heteroatoms. The van der Waals surface area contributed by atoms with E-state index in [1.165, 1.54) is 6.20 Å². The molecule has 104 valence electrons. The van der Waals surface area contributed by atoms with Gasteiger partial charge in [-0.05, 0) is 12.8 Å². The van der Waals surface area contributed by atoms with Crippen molar-refractivity contribution in [2.75, 3.05) is 26.9 Å². The van der Waals surface area contributed by atoms with Crippen LogP contribution < -0.4 is 0 Å². The van der Waals surface area contributed by atoms with Crippen LogP contribution in [0.4, 0.5) is 0 Å². The highest BCUT2D eigenvalue weighted by Crippen LogP contribution is 2.20. The molecule has 1 aliphatic heterocycles. The molecule has 2 rings (SSSR count). The van der Waals surface area contributed by atoms with Gasteiger partial charge in [-0.3, -0.25) is 9.78 Å². The summed E-state index contributed by atoms with van der Waals surface area (Å²) in [5.41, 5.74) is 1.03. The molecular formula is C13H19N3O3. The van der Waals surface area contributed by atoms with Gasteiger partial charge in [-0.1, -0.05) is 0 Å². The van der Waals surface area contributed by atoms with E-state index in [4.69, 9.17) is 4.74 Å². The van der Waals surface area contributed by atoms with Gasteiger partial charge in [0.2, 0.25) is 0 Å². The molecule has 0 radical (unpaired) electrons. The van der Waals surface area contributed by atoms with Gasteiger partial charge in [0, 0.05) is 32.5 Å². The number of aliphatic hydroxyl groups excluding tert-OH is 1. The quantitative estimate of drug-likeness (QED) is 0.826. The van der Waals surface area contributed by atoms with E-state index in [0.29, 0.717) is 31.0 Å². The summed E-state index contributed by atoms with van der Waals surface area (Å²) in [6, 6.07) is -0.0928. The molecule has 0 bridgehead atoms. The number of hydrogen-bond donors (Lipinski definition) is 1. The van der Waals surface area contributed by atoms with Crippen molar-refractivity contribution < 1.29 is 14.6 Å². The number of carbonyl (C=O) groups is 1. The normalized spacial score (nSPS) is 18.8.